The van der Waals surface area contributed by atoms with E-state index in [-0.39, 0.29) is 5.56 Å². The highest BCUT2D eigenvalue weighted by molar-refractivity contribution is 5.91. The molecular formula is C23H38O5. The molecule has 0 spiro atoms. The van der Waals surface area contributed by atoms with Crippen LogP contribution in [0.25, 0.3) is 0 Å². The third kappa shape index (κ3) is 13.1. The number of unbranched alkanes of at least 4 members (excludes halogenated alkanes) is 9. The number of hydrogen-bond donors (Lipinski definition) is 3. The molecule has 28 heavy (non-hydrogen) atoms. The van der Waals surface area contributed by atoms with Crippen LogP contribution in [0.3, 0.4) is 0 Å². The summed E-state index contributed by atoms with van der Waals surface area (Å²) < 4.78 is 5.11. The summed E-state index contributed by atoms with van der Waals surface area (Å²) in [6.07, 6.45) is 12.1. The predicted molar refractivity (Wildman–Crippen MR) is 114 cm³/mol. The number of rotatable bonds is 12. The first-order valence-electron chi connectivity index (χ1n) is 10.3. The molecule has 5 nitrogen and oxygen atoms in total. The Bertz CT molecular complexity index is 553. The number of aromatic hydroxyl groups is 3. The number of carbonyl (C=O) groups is 1. The molecule has 0 radical (unpaired) electrons. The molecule has 160 valence electrons. The summed E-state index contributed by atoms with van der Waals surface area (Å²) in [7, 11) is 0. The first-order valence-corrected chi connectivity index (χ1v) is 10.3. The number of allylic oxidation sites excluding steroid dienone is 1. The molecule has 0 aliphatic carbocycles. The van der Waals surface area contributed by atoms with E-state index in [0.29, 0.717) is 6.61 Å². The molecule has 0 aromatic heterocycles. The van der Waals surface area contributed by atoms with Crippen LogP contribution in [0, 0.1) is 0 Å². The Morgan fingerprint density at radius 1 is 0.857 bits per heavy atom. The van der Waals surface area contributed by atoms with Gasteiger partial charge in [-0.2, -0.15) is 0 Å². The maximum absolute atomic E-state index is 11.8. The Kier molecular flexibility index (Phi) is 14.6. The highest BCUT2D eigenvalue weighted by atomic mass is 16.5. The topological polar surface area (TPSA) is 87.0 Å². The van der Waals surface area contributed by atoms with Gasteiger partial charge in [0.15, 0.2) is 17.2 Å². The average Bonchev–Trinajstić information content (AvgIpc) is 2.63. The van der Waals surface area contributed by atoms with Crippen LogP contribution in [-0.4, -0.2) is 27.9 Å². The van der Waals surface area contributed by atoms with E-state index in [4.69, 9.17) is 4.74 Å². The fourth-order valence-corrected chi connectivity index (χ4v) is 2.56. The molecule has 0 saturated carbocycles. The molecule has 0 fully saturated rings. The number of benzene rings is 1. The number of carbonyl (C=O) groups excluding carboxylic acids is 1. The van der Waals surface area contributed by atoms with E-state index in [9.17, 15) is 20.1 Å². The van der Waals surface area contributed by atoms with Gasteiger partial charge in [-0.1, -0.05) is 70.3 Å². The van der Waals surface area contributed by atoms with Crippen LogP contribution >= 0.6 is 0 Å². The number of esters is 1. The van der Waals surface area contributed by atoms with Crippen molar-refractivity contribution in [3.05, 3.63) is 29.8 Å². The quantitative estimate of drug-likeness (QED) is 0.164. The lowest BCUT2D eigenvalue weighted by molar-refractivity contribution is 0.0496. The summed E-state index contributed by atoms with van der Waals surface area (Å²) >= 11 is 0. The Balaban J connectivity index is 0.00000165. The van der Waals surface area contributed by atoms with Crippen LogP contribution in [0.1, 0.15) is 95.3 Å². The van der Waals surface area contributed by atoms with Crippen LogP contribution in [0.4, 0.5) is 0 Å². The lowest BCUT2D eigenvalue weighted by Crippen LogP contribution is -2.06. The van der Waals surface area contributed by atoms with Gasteiger partial charge in [0.1, 0.15) is 0 Å². The molecule has 3 N–H and O–H groups in total. The van der Waals surface area contributed by atoms with Gasteiger partial charge in [-0.3, -0.25) is 0 Å². The minimum Gasteiger partial charge on any atom is -0.504 e. The predicted octanol–water partition coefficient (Wildman–Crippen LogP) is 6.46. The summed E-state index contributed by atoms with van der Waals surface area (Å²) in [5, 5.41) is 28.0. The van der Waals surface area contributed by atoms with Crippen molar-refractivity contribution < 1.29 is 24.9 Å². The molecule has 0 atom stereocenters. The smallest absolute Gasteiger partial charge is 0.338 e. The van der Waals surface area contributed by atoms with Gasteiger partial charge >= 0.3 is 5.97 Å². The van der Waals surface area contributed by atoms with Gasteiger partial charge < -0.3 is 20.1 Å². The molecule has 1 aromatic carbocycles. The maximum Gasteiger partial charge on any atom is 0.338 e. The van der Waals surface area contributed by atoms with Crippen LogP contribution < -0.4 is 0 Å². The standard InChI is InChI=1S/C19H30O5.C4H8/c1-2-3-4-5-6-7-8-9-10-11-12-24-19(23)15-13-16(20)18(22)17(21)14-15;1-4(2)3/h13-14,20-22H,2-12H2,1H3;1H2,2-3H3. The molecule has 0 aliphatic rings. The molecule has 0 aliphatic heterocycles. The van der Waals surface area contributed by atoms with Gasteiger partial charge in [-0.05, 0) is 32.4 Å². The number of ether oxygens (including phenoxy) is 1. The van der Waals surface area contributed by atoms with Crippen LogP contribution in [0.5, 0.6) is 17.2 Å². The zero-order valence-corrected chi connectivity index (χ0v) is 17.8. The van der Waals surface area contributed by atoms with Gasteiger partial charge in [-0.15, -0.1) is 6.58 Å². The van der Waals surface area contributed by atoms with E-state index >= 15 is 0 Å². The molecule has 0 amide bonds. The van der Waals surface area contributed by atoms with E-state index in [1.54, 1.807) is 0 Å². The molecule has 5 heteroatoms. The molecule has 0 saturated heterocycles. The molecule has 1 rings (SSSR count). The Hall–Kier alpha value is -2.17. The lowest BCUT2D eigenvalue weighted by atomic mass is 10.1. The second kappa shape index (κ2) is 15.8. The third-order valence-corrected chi connectivity index (χ3v) is 4.04. The first-order chi connectivity index (χ1) is 13.3. The van der Waals surface area contributed by atoms with E-state index in [1.807, 2.05) is 13.8 Å². The van der Waals surface area contributed by atoms with E-state index in [0.717, 1.165) is 31.4 Å². The van der Waals surface area contributed by atoms with Crippen molar-refractivity contribution in [2.45, 2.75) is 85.0 Å². The highest BCUT2D eigenvalue weighted by Crippen LogP contribution is 2.35. The molecule has 1 aromatic rings. The number of hydrogen-bond acceptors (Lipinski definition) is 5. The minimum absolute atomic E-state index is 0.0230. The van der Waals surface area contributed by atoms with E-state index in [2.05, 4.69) is 13.5 Å². The van der Waals surface area contributed by atoms with Gasteiger partial charge in [0.25, 0.3) is 0 Å². The highest BCUT2D eigenvalue weighted by Gasteiger charge is 2.14. The number of phenols is 3. The molecule has 0 heterocycles. The summed E-state index contributed by atoms with van der Waals surface area (Å²) in [5.41, 5.74) is 1.19. The first kappa shape index (κ1) is 25.8. The van der Waals surface area contributed by atoms with Crippen molar-refractivity contribution in [2.24, 2.45) is 0 Å². The van der Waals surface area contributed by atoms with Crippen LogP contribution in [0.2, 0.25) is 0 Å². The van der Waals surface area contributed by atoms with E-state index < -0.39 is 23.2 Å². The van der Waals surface area contributed by atoms with Gasteiger partial charge in [0.05, 0.1) is 12.2 Å². The van der Waals surface area contributed by atoms with Gasteiger partial charge in [0, 0.05) is 0 Å². The lowest BCUT2D eigenvalue weighted by Gasteiger charge is -2.07. The minimum atomic E-state index is -0.638. The van der Waals surface area contributed by atoms with Crippen molar-refractivity contribution in [3.63, 3.8) is 0 Å². The Morgan fingerprint density at radius 2 is 1.25 bits per heavy atom. The second-order valence-corrected chi connectivity index (χ2v) is 7.39. The summed E-state index contributed by atoms with van der Waals surface area (Å²) in [5.74, 6) is -2.33. The molecular weight excluding hydrogens is 356 g/mol. The molecule has 0 bridgehead atoms. The van der Waals surface area contributed by atoms with Crippen molar-refractivity contribution >= 4 is 5.97 Å². The van der Waals surface area contributed by atoms with Crippen LogP contribution in [-0.2, 0) is 4.74 Å². The monoisotopic (exact) mass is 394 g/mol. The van der Waals surface area contributed by atoms with E-state index in [1.165, 1.54) is 50.5 Å². The summed E-state index contributed by atoms with van der Waals surface area (Å²) in [4.78, 5) is 11.8. The summed E-state index contributed by atoms with van der Waals surface area (Å²) in [6, 6.07) is 2.16. The van der Waals surface area contributed by atoms with Crippen molar-refractivity contribution in [1.82, 2.24) is 0 Å². The third-order valence-electron chi connectivity index (χ3n) is 4.04. The summed E-state index contributed by atoms with van der Waals surface area (Å²) in [6.45, 7) is 10.0. The largest absolute Gasteiger partial charge is 0.504 e. The maximum atomic E-state index is 11.8. The van der Waals surface area contributed by atoms with Gasteiger partial charge in [-0.25, -0.2) is 4.79 Å². The Labute approximate surface area is 170 Å². The second-order valence-electron chi connectivity index (χ2n) is 7.39. The van der Waals surface area contributed by atoms with Crippen LogP contribution in [0.15, 0.2) is 24.3 Å². The zero-order chi connectivity index (χ0) is 21.4. The van der Waals surface area contributed by atoms with Crippen molar-refractivity contribution in [1.29, 1.82) is 0 Å². The fraction of sp³-hybridized carbons (Fsp3) is 0.609. The zero-order valence-electron chi connectivity index (χ0n) is 17.8. The average molecular weight is 395 g/mol. The van der Waals surface area contributed by atoms with Crippen molar-refractivity contribution in [2.75, 3.05) is 6.61 Å². The van der Waals surface area contributed by atoms with Gasteiger partial charge in [0.2, 0.25) is 0 Å². The SMILES string of the molecule is C=C(C)C.CCCCCCCCCCCCOC(=O)c1cc(O)c(O)c(O)c1. The fourth-order valence-electron chi connectivity index (χ4n) is 2.56. The van der Waals surface area contributed by atoms with Crippen molar-refractivity contribution in [3.8, 4) is 17.2 Å². The molecule has 0 unspecified atom stereocenters. The Morgan fingerprint density at radius 3 is 1.68 bits per heavy atom. The normalized spacial score (nSPS) is 10.1. The number of phenolic OH excluding ortho intramolecular Hbond substituents is 3.